The summed E-state index contributed by atoms with van der Waals surface area (Å²) < 4.78 is 13.7. The molecule has 0 amide bonds. The minimum absolute atomic E-state index is 0.254. The van der Waals surface area contributed by atoms with Gasteiger partial charge in [-0.2, -0.15) is 5.26 Å². The third-order valence-corrected chi connectivity index (χ3v) is 3.56. The first-order valence-corrected chi connectivity index (χ1v) is 6.90. The zero-order valence-electron chi connectivity index (χ0n) is 11.7. The summed E-state index contributed by atoms with van der Waals surface area (Å²) in [6.07, 6.45) is -0.314. The van der Waals surface area contributed by atoms with Gasteiger partial charge >= 0.3 is 0 Å². The van der Waals surface area contributed by atoms with Crippen LogP contribution in [-0.4, -0.2) is 53.7 Å². The fraction of sp³-hybridized carbons (Fsp3) is 0.533. The Bertz CT molecular complexity index is 490. The fourth-order valence-electron chi connectivity index (χ4n) is 2.51. The van der Waals surface area contributed by atoms with E-state index in [1.807, 2.05) is 6.07 Å². The zero-order valence-corrected chi connectivity index (χ0v) is 11.7. The number of aliphatic hydroxyl groups is 1. The molecule has 20 heavy (non-hydrogen) atoms. The van der Waals surface area contributed by atoms with E-state index in [-0.39, 0.29) is 11.9 Å². The number of rotatable bonds is 4. The first kappa shape index (κ1) is 14.9. The lowest BCUT2D eigenvalue weighted by molar-refractivity contribution is 0.0777. The SMILES string of the molecule is CC(O)CN1CCN(Cc2cc(C#N)ccc2F)CC1. The standard InChI is InChI=1S/C15H20FN3O/c1-12(20)10-18-4-6-19(7-5-18)11-14-8-13(9-17)2-3-15(14)16/h2-3,8,12,20H,4-7,10-11H2,1H3. The molecule has 0 saturated carbocycles. The maximum atomic E-state index is 13.7. The number of hydrogen-bond donors (Lipinski definition) is 1. The lowest BCUT2D eigenvalue weighted by Gasteiger charge is -2.35. The fourth-order valence-corrected chi connectivity index (χ4v) is 2.51. The molecule has 4 nitrogen and oxygen atoms in total. The number of β-amino-alcohol motifs (C(OH)–C–C–N with tert-alkyl or cyclic N) is 1. The van der Waals surface area contributed by atoms with Gasteiger partial charge in [-0.05, 0) is 25.1 Å². The topological polar surface area (TPSA) is 50.5 Å². The first-order valence-electron chi connectivity index (χ1n) is 6.90. The van der Waals surface area contributed by atoms with Gasteiger partial charge in [0.1, 0.15) is 5.82 Å². The Hall–Kier alpha value is -1.48. The Morgan fingerprint density at radius 2 is 1.95 bits per heavy atom. The van der Waals surface area contributed by atoms with Gasteiger partial charge in [0.05, 0.1) is 17.7 Å². The molecule has 0 aromatic heterocycles. The van der Waals surface area contributed by atoms with Crippen molar-refractivity contribution in [2.24, 2.45) is 0 Å². The number of halogens is 1. The highest BCUT2D eigenvalue weighted by Crippen LogP contribution is 2.14. The van der Waals surface area contributed by atoms with E-state index in [0.29, 0.717) is 24.2 Å². The van der Waals surface area contributed by atoms with E-state index < -0.39 is 0 Å². The average molecular weight is 277 g/mol. The molecule has 1 fully saturated rings. The number of aliphatic hydroxyl groups excluding tert-OH is 1. The van der Waals surface area contributed by atoms with Gasteiger partial charge in [0, 0.05) is 44.8 Å². The van der Waals surface area contributed by atoms with Gasteiger partial charge in [0.15, 0.2) is 0 Å². The summed E-state index contributed by atoms with van der Waals surface area (Å²) in [6.45, 7) is 6.46. The second kappa shape index (κ2) is 6.80. The van der Waals surface area contributed by atoms with Gasteiger partial charge in [-0.25, -0.2) is 4.39 Å². The van der Waals surface area contributed by atoms with Crippen LogP contribution in [0.4, 0.5) is 4.39 Å². The van der Waals surface area contributed by atoms with Crippen LogP contribution < -0.4 is 0 Å². The van der Waals surface area contributed by atoms with E-state index in [1.54, 1.807) is 13.0 Å². The van der Waals surface area contributed by atoms with E-state index in [4.69, 9.17) is 5.26 Å². The maximum Gasteiger partial charge on any atom is 0.127 e. The first-order chi connectivity index (χ1) is 9.58. The Morgan fingerprint density at radius 1 is 1.30 bits per heavy atom. The van der Waals surface area contributed by atoms with Crippen LogP contribution in [-0.2, 0) is 6.54 Å². The molecule has 1 aliphatic heterocycles. The Labute approximate surface area is 119 Å². The van der Waals surface area contributed by atoms with Crippen molar-refractivity contribution in [3.05, 3.63) is 35.1 Å². The lowest BCUT2D eigenvalue weighted by Crippen LogP contribution is -2.47. The van der Waals surface area contributed by atoms with E-state index >= 15 is 0 Å². The Balaban J connectivity index is 1.91. The van der Waals surface area contributed by atoms with E-state index in [2.05, 4.69) is 9.80 Å². The molecular formula is C15H20FN3O. The number of benzene rings is 1. The van der Waals surface area contributed by atoms with Gasteiger partial charge < -0.3 is 5.11 Å². The van der Waals surface area contributed by atoms with Crippen molar-refractivity contribution in [3.8, 4) is 6.07 Å². The Kier molecular flexibility index (Phi) is 5.07. The summed E-state index contributed by atoms with van der Waals surface area (Å²) in [5.74, 6) is -0.254. The highest BCUT2D eigenvalue weighted by atomic mass is 19.1. The van der Waals surface area contributed by atoms with Gasteiger partial charge in [-0.1, -0.05) is 0 Å². The van der Waals surface area contributed by atoms with Crippen molar-refractivity contribution in [1.82, 2.24) is 9.80 Å². The highest BCUT2D eigenvalue weighted by Gasteiger charge is 2.19. The smallest absolute Gasteiger partial charge is 0.127 e. The summed E-state index contributed by atoms with van der Waals surface area (Å²) in [5.41, 5.74) is 1.07. The molecule has 1 aromatic rings. The molecule has 0 bridgehead atoms. The van der Waals surface area contributed by atoms with Crippen LogP contribution in [0.1, 0.15) is 18.1 Å². The summed E-state index contributed by atoms with van der Waals surface area (Å²) >= 11 is 0. The number of nitriles is 1. The van der Waals surface area contributed by atoms with Crippen LogP contribution >= 0.6 is 0 Å². The molecule has 0 radical (unpaired) electrons. The molecule has 1 aromatic carbocycles. The highest BCUT2D eigenvalue weighted by molar-refractivity contribution is 5.33. The third kappa shape index (κ3) is 4.01. The van der Waals surface area contributed by atoms with Gasteiger partial charge in [-0.15, -0.1) is 0 Å². The quantitative estimate of drug-likeness (QED) is 0.898. The van der Waals surface area contributed by atoms with Crippen molar-refractivity contribution in [3.63, 3.8) is 0 Å². The lowest BCUT2D eigenvalue weighted by atomic mass is 10.1. The number of piperazine rings is 1. The van der Waals surface area contributed by atoms with Gasteiger partial charge in [0.25, 0.3) is 0 Å². The van der Waals surface area contributed by atoms with Crippen LogP contribution in [0.2, 0.25) is 0 Å². The van der Waals surface area contributed by atoms with Crippen molar-refractivity contribution < 1.29 is 9.50 Å². The molecule has 1 saturated heterocycles. The van der Waals surface area contributed by atoms with Crippen LogP contribution in [0.15, 0.2) is 18.2 Å². The molecule has 1 atom stereocenters. The molecule has 5 heteroatoms. The predicted molar refractivity (Wildman–Crippen MR) is 74.5 cm³/mol. The molecule has 2 rings (SSSR count). The summed E-state index contributed by atoms with van der Waals surface area (Å²) in [7, 11) is 0. The summed E-state index contributed by atoms with van der Waals surface area (Å²) in [6, 6.07) is 6.52. The number of hydrogen-bond acceptors (Lipinski definition) is 4. The van der Waals surface area contributed by atoms with E-state index in [1.165, 1.54) is 12.1 Å². The molecule has 0 spiro atoms. The molecule has 108 valence electrons. The minimum atomic E-state index is -0.314. The molecule has 1 heterocycles. The largest absolute Gasteiger partial charge is 0.392 e. The normalized spacial score (nSPS) is 18.7. The molecule has 0 aliphatic carbocycles. The molecule has 1 unspecified atom stereocenters. The number of nitrogens with zero attached hydrogens (tertiary/aromatic N) is 3. The zero-order chi connectivity index (χ0) is 14.5. The van der Waals surface area contributed by atoms with Crippen LogP contribution in [0.25, 0.3) is 0 Å². The summed E-state index contributed by atoms with van der Waals surface area (Å²) in [4.78, 5) is 4.39. The second-order valence-electron chi connectivity index (χ2n) is 5.34. The van der Waals surface area contributed by atoms with Crippen molar-refractivity contribution in [2.45, 2.75) is 19.6 Å². The van der Waals surface area contributed by atoms with Gasteiger partial charge in [0.2, 0.25) is 0 Å². The third-order valence-electron chi connectivity index (χ3n) is 3.56. The van der Waals surface area contributed by atoms with Crippen LogP contribution in [0.3, 0.4) is 0 Å². The Morgan fingerprint density at radius 3 is 2.55 bits per heavy atom. The average Bonchev–Trinajstić information content (AvgIpc) is 2.43. The van der Waals surface area contributed by atoms with E-state index in [9.17, 15) is 9.50 Å². The van der Waals surface area contributed by atoms with Gasteiger partial charge in [-0.3, -0.25) is 9.80 Å². The molecule has 1 aliphatic rings. The summed E-state index contributed by atoms with van der Waals surface area (Å²) in [5, 5.41) is 18.2. The van der Waals surface area contributed by atoms with Crippen molar-refractivity contribution in [2.75, 3.05) is 32.7 Å². The molecule has 1 N–H and O–H groups in total. The minimum Gasteiger partial charge on any atom is -0.392 e. The monoisotopic (exact) mass is 277 g/mol. The van der Waals surface area contributed by atoms with Crippen LogP contribution in [0, 0.1) is 17.1 Å². The van der Waals surface area contributed by atoms with E-state index in [0.717, 1.165) is 26.2 Å². The van der Waals surface area contributed by atoms with Crippen molar-refractivity contribution in [1.29, 1.82) is 5.26 Å². The molecular weight excluding hydrogens is 257 g/mol. The predicted octanol–water partition coefficient (Wildman–Crippen LogP) is 1.20. The maximum absolute atomic E-state index is 13.7. The second-order valence-corrected chi connectivity index (χ2v) is 5.34. The van der Waals surface area contributed by atoms with Crippen molar-refractivity contribution >= 4 is 0 Å². The van der Waals surface area contributed by atoms with Crippen LogP contribution in [0.5, 0.6) is 0 Å².